The monoisotopic (exact) mass is 424 g/mol. The number of amides is 1. The van der Waals surface area contributed by atoms with Gasteiger partial charge in [0.25, 0.3) is 10.0 Å². The van der Waals surface area contributed by atoms with Gasteiger partial charge in [0.05, 0.1) is 3.79 Å². The Balaban J connectivity index is 2.02. The zero-order valence-corrected chi connectivity index (χ0v) is 16.6. The van der Waals surface area contributed by atoms with Crippen molar-refractivity contribution in [3.05, 3.63) is 15.9 Å². The summed E-state index contributed by atoms with van der Waals surface area (Å²) in [6.45, 7) is 6.08. The molecule has 2 rings (SSSR count). The van der Waals surface area contributed by atoms with E-state index in [1.54, 1.807) is 32.9 Å². The van der Waals surface area contributed by atoms with Gasteiger partial charge in [-0.25, -0.2) is 13.2 Å². The lowest BCUT2D eigenvalue weighted by atomic mass is 10.2. The summed E-state index contributed by atoms with van der Waals surface area (Å²) in [5.74, 6) is 0. The third-order valence-corrected chi connectivity index (χ3v) is 7.36. The van der Waals surface area contributed by atoms with Crippen molar-refractivity contribution in [1.29, 1.82) is 0 Å². The zero-order valence-electron chi connectivity index (χ0n) is 13.3. The summed E-state index contributed by atoms with van der Waals surface area (Å²) >= 11 is 4.48. The van der Waals surface area contributed by atoms with Gasteiger partial charge in [-0.2, -0.15) is 4.31 Å². The number of sulfonamides is 1. The van der Waals surface area contributed by atoms with Crippen LogP contribution in [0, 0.1) is 0 Å². The molecule has 0 saturated carbocycles. The van der Waals surface area contributed by atoms with Crippen LogP contribution in [0.1, 0.15) is 33.6 Å². The number of carbonyl (C=O) groups excluding carboxylic acids is 1. The fraction of sp³-hybridized carbons (Fsp3) is 0.643. The average Bonchev–Trinajstić information content (AvgIpc) is 3.03. The van der Waals surface area contributed by atoms with Crippen LogP contribution in [0.3, 0.4) is 0 Å². The minimum absolute atomic E-state index is 0.242. The molecule has 23 heavy (non-hydrogen) atoms. The predicted octanol–water partition coefficient (Wildman–Crippen LogP) is 3.19. The van der Waals surface area contributed by atoms with Crippen molar-refractivity contribution < 1.29 is 17.9 Å². The molecular weight excluding hydrogens is 404 g/mol. The molecule has 0 aromatic carbocycles. The minimum atomic E-state index is -3.52. The van der Waals surface area contributed by atoms with Gasteiger partial charge < -0.3 is 10.1 Å². The lowest BCUT2D eigenvalue weighted by Gasteiger charge is -2.25. The first kappa shape index (κ1) is 18.7. The third-order valence-electron chi connectivity index (χ3n) is 3.32. The van der Waals surface area contributed by atoms with Crippen LogP contribution in [-0.4, -0.2) is 43.5 Å². The van der Waals surface area contributed by atoms with E-state index in [9.17, 15) is 13.2 Å². The molecule has 0 bridgehead atoms. The number of carbonyl (C=O) groups is 1. The molecule has 6 nitrogen and oxygen atoms in total. The quantitative estimate of drug-likeness (QED) is 0.804. The van der Waals surface area contributed by atoms with Gasteiger partial charge in [-0.3, -0.25) is 0 Å². The predicted molar refractivity (Wildman–Crippen MR) is 93.2 cm³/mol. The molecule has 9 heteroatoms. The van der Waals surface area contributed by atoms with Gasteiger partial charge in [0.2, 0.25) is 0 Å². The Morgan fingerprint density at radius 3 is 2.74 bits per heavy atom. The van der Waals surface area contributed by atoms with Crippen molar-refractivity contribution in [2.45, 2.75) is 49.5 Å². The Labute approximate surface area is 149 Å². The number of nitrogens with one attached hydrogen (secondary N) is 1. The van der Waals surface area contributed by atoms with Crippen LogP contribution in [0.15, 0.2) is 20.1 Å². The number of ether oxygens (including phenoxy) is 1. The molecular formula is C14H21BrN2O4S2. The van der Waals surface area contributed by atoms with E-state index in [1.165, 1.54) is 15.6 Å². The van der Waals surface area contributed by atoms with E-state index in [4.69, 9.17) is 4.74 Å². The number of alkyl carbamates (subject to hydrolysis) is 1. The fourth-order valence-corrected chi connectivity index (χ4v) is 6.23. The number of nitrogens with zero attached hydrogens (tertiary/aromatic N) is 1. The lowest BCUT2D eigenvalue weighted by Crippen LogP contribution is -2.44. The van der Waals surface area contributed by atoms with E-state index >= 15 is 0 Å². The van der Waals surface area contributed by atoms with Crippen molar-refractivity contribution in [2.75, 3.05) is 13.1 Å². The molecule has 1 atom stereocenters. The fourth-order valence-electron chi connectivity index (χ4n) is 2.40. The number of rotatable bonds is 4. The van der Waals surface area contributed by atoms with Crippen LogP contribution in [0.5, 0.6) is 0 Å². The van der Waals surface area contributed by atoms with Gasteiger partial charge in [-0.15, -0.1) is 11.3 Å². The third kappa shape index (κ3) is 4.91. The largest absolute Gasteiger partial charge is 0.444 e. The Bertz CT molecular complexity index is 667. The smallest absolute Gasteiger partial charge is 0.407 e. The van der Waals surface area contributed by atoms with Gasteiger partial charge in [0.15, 0.2) is 0 Å². The second-order valence-corrected chi connectivity index (χ2v) is 10.9. The van der Waals surface area contributed by atoms with Gasteiger partial charge in [0, 0.05) is 19.1 Å². The van der Waals surface area contributed by atoms with Crippen LogP contribution in [0.25, 0.3) is 0 Å². The summed E-state index contributed by atoms with van der Waals surface area (Å²) in [5, 5.41) is 2.67. The van der Waals surface area contributed by atoms with Crippen molar-refractivity contribution in [2.24, 2.45) is 0 Å². The standard InChI is InChI=1S/C14H21BrN2O4S2/c1-14(2,3)21-13(18)16-9-10-5-4-8-17(10)23(19,20)12-7-6-11(15)22-12/h6-7,10H,4-5,8-9H2,1-3H3,(H,16,18)/t10-/m1/s1. The second kappa shape index (κ2) is 7.08. The molecule has 1 N–H and O–H groups in total. The molecule has 1 aromatic heterocycles. The van der Waals surface area contributed by atoms with E-state index in [0.717, 1.165) is 16.6 Å². The van der Waals surface area contributed by atoms with Gasteiger partial charge in [0.1, 0.15) is 9.81 Å². The molecule has 2 heterocycles. The minimum Gasteiger partial charge on any atom is -0.444 e. The van der Waals surface area contributed by atoms with Crippen molar-refractivity contribution >= 4 is 43.4 Å². The van der Waals surface area contributed by atoms with Crippen LogP contribution in [0.2, 0.25) is 0 Å². The van der Waals surface area contributed by atoms with Crippen LogP contribution >= 0.6 is 27.3 Å². The topological polar surface area (TPSA) is 75.7 Å². The summed E-state index contributed by atoms with van der Waals surface area (Å²) in [6.07, 6.45) is 0.981. The van der Waals surface area contributed by atoms with Gasteiger partial charge >= 0.3 is 6.09 Å². The first-order valence-corrected chi connectivity index (χ1v) is 10.4. The Kier molecular flexibility index (Phi) is 5.76. The second-order valence-electron chi connectivity index (χ2n) is 6.35. The molecule has 1 fully saturated rings. The molecule has 1 amide bonds. The summed E-state index contributed by atoms with van der Waals surface area (Å²) in [7, 11) is -3.52. The highest BCUT2D eigenvalue weighted by Crippen LogP contribution is 2.32. The molecule has 130 valence electrons. The average molecular weight is 425 g/mol. The first-order chi connectivity index (χ1) is 10.6. The highest BCUT2D eigenvalue weighted by Gasteiger charge is 2.36. The van der Waals surface area contributed by atoms with E-state index in [-0.39, 0.29) is 12.6 Å². The van der Waals surface area contributed by atoms with Crippen LogP contribution in [0.4, 0.5) is 4.79 Å². The van der Waals surface area contributed by atoms with Gasteiger partial charge in [-0.1, -0.05) is 0 Å². The number of hydrogen-bond donors (Lipinski definition) is 1. The Morgan fingerprint density at radius 2 is 2.17 bits per heavy atom. The maximum absolute atomic E-state index is 12.7. The van der Waals surface area contributed by atoms with Crippen molar-refractivity contribution in [1.82, 2.24) is 9.62 Å². The number of hydrogen-bond acceptors (Lipinski definition) is 5. The van der Waals surface area contributed by atoms with E-state index < -0.39 is 21.7 Å². The Morgan fingerprint density at radius 1 is 1.48 bits per heavy atom. The van der Waals surface area contributed by atoms with E-state index in [1.807, 2.05) is 0 Å². The highest BCUT2D eigenvalue weighted by molar-refractivity contribution is 9.11. The van der Waals surface area contributed by atoms with E-state index in [0.29, 0.717) is 10.8 Å². The SMILES string of the molecule is CC(C)(C)OC(=O)NC[C@H]1CCCN1S(=O)(=O)c1ccc(Br)s1. The van der Waals surface area contributed by atoms with Gasteiger partial charge in [-0.05, 0) is 61.7 Å². The molecule has 0 aliphatic carbocycles. The molecule has 1 aromatic rings. The highest BCUT2D eigenvalue weighted by atomic mass is 79.9. The molecule has 1 aliphatic rings. The lowest BCUT2D eigenvalue weighted by molar-refractivity contribution is 0.0519. The first-order valence-electron chi connectivity index (χ1n) is 7.33. The maximum Gasteiger partial charge on any atom is 0.407 e. The van der Waals surface area contributed by atoms with Crippen LogP contribution in [-0.2, 0) is 14.8 Å². The van der Waals surface area contributed by atoms with Crippen molar-refractivity contribution in [3.63, 3.8) is 0 Å². The van der Waals surface area contributed by atoms with E-state index in [2.05, 4.69) is 21.2 Å². The molecule has 0 spiro atoms. The molecule has 1 saturated heterocycles. The van der Waals surface area contributed by atoms with Crippen LogP contribution < -0.4 is 5.32 Å². The molecule has 1 aliphatic heterocycles. The summed E-state index contributed by atoms with van der Waals surface area (Å²) in [5.41, 5.74) is -0.575. The summed E-state index contributed by atoms with van der Waals surface area (Å²) in [4.78, 5) is 11.7. The summed E-state index contributed by atoms with van der Waals surface area (Å²) in [6, 6.07) is 3.08. The maximum atomic E-state index is 12.7. The zero-order chi connectivity index (χ0) is 17.3. The summed E-state index contributed by atoms with van der Waals surface area (Å²) < 4.78 is 33.2. The normalized spacial score (nSPS) is 19.7. The molecule has 0 unspecified atom stereocenters. The van der Waals surface area contributed by atoms with Crippen molar-refractivity contribution in [3.8, 4) is 0 Å². The number of thiophene rings is 1. The Hall–Kier alpha value is -0.640. The number of halogens is 1. The molecule has 0 radical (unpaired) electrons.